The minimum absolute atomic E-state index is 1.21. The summed E-state index contributed by atoms with van der Waals surface area (Å²) in [5.74, 6) is 1.21. The third-order valence-corrected chi connectivity index (χ3v) is 1.72. The fourth-order valence-corrected chi connectivity index (χ4v) is 1.04. The van der Waals surface area contributed by atoms with Crippen molar-refractivity contribution in [3.8, 4) is 0 Å². The third-order valence-electron chi connectivity index (χ3n) is 1.15. The van der Waals surface area contributed by atoms with E-state index in [9.17, 15) is 0 Å². The molecule has 0 spiro atoms. The van der Waals surface area contributed by atoms with Gasteiger partial charge in [-0.1, -0.05) is 12.2 Å². The van der Waals surface area contributed by atoms with Crippen LogP contribution in [0, 0.1) is 6.26 Å². The molecular weight excluding hydrogens is 128 g/mol. The molecule has 0 rings (SSSR count). The molecule has 0 aliphatic carbocycles. The second kappa shape index (κ2) is 8.09. The molecule has 1 radical (unpaired) electrons. The van der Waals surface area contributed by atoms with E-state index in [2.05, 4.69) is 25.3 Å². The van der Waals surface area contributed by atoms with Gasteiger partial charge in [0.1, 0.15) is 0 Å². The Hall–Kier alpha value is 0.0900. The highest BCUT2D eigenvalue weighted by molar-refractivity contribution is 8.00. The summed E-state index contributed by atoms with van der Waals surface area (Å²) in [5, 5.41) is 0. The van der Waals surface area contributed by atoms with Crippen molar-refractivity contribution in [2.45, 2.75) is 26.2 Å². The first-order valence-electron chi connectivity index (χ1n) is 3.40. The smallest absolute Gasteiger partial charge is 0.00235 e. The van der Waals surface area contributed by atoms with Gasteiger partial charge >= 0.3 is 0 Å². The number of hydrogen-bond donors (Lipinski definition) is 0. The molecule has 0 saturated heterocycles. The van der Waals surface area contributed by atoms with Crippen LogP contribution in [0.3, 0.4) is 0 Å². The van der Waals surface area contributed by atoms with E-state index in [0.717, 1.165) is 0 Å². The van der Waals surface area contributed by atoms with E-state index in [4.69, 9.17) is 0 Å². The van der Waals surface area contributed by atoms with Gasteiger partial charge in [0.2, 0.25) is 0 Å². The molecule has 0 N–H and O–H groups in total. The van der Waals surface area contributed by atoms with Crippen LogP contribution in [-0.4, -0.2) is 5.75 Å². The summed E-state index contributed by atoms with van der Waals surface area (Å²) in [4.78, 5) is 0. The summed E-state index contributed by atoms with van der Waals surface area (Å²) in [7, 11) is 0. The summed E-state index contributed by atoms with van der Waals surface area (Å²) in [6.45, 7) is 2.07. The summed E-state index contributed by atoms with van der Waals surface area (Å²) < 4.78 is 0. The van der Waals surface area contributed by atoms with Gasteiger partial charge in [0.25, 0.3) is 0 Å². The lowest BCUT2D eigenvalue weighted by Crippen LogP contribution is -1.75. The summed E-state index contributed by atoms with van der Waals surface area (Å²) in [6.07, 6.45) is 11.9. The zero-order valence-corrected chi connectivity index (χ0v) is 6.91. The lowest BCUT2D eigenvalue weighted by atomic mass is 10.2. The molecule has 0 nitrogen and oxygen atoms in total. The molecule has 0 fully saturated rings. The topological polar surface area (TPSA) is 0 Å². The second-order valence-corrected chi connectivity index (χ2v) is 2.79. The zero-order chi connectivity index (χ0) is 6.95. The molecule has 0 aromatic heterocycles. The van der Waals surface area contributed by atoms with Crippen molar-refractivity contribution in [3.05, 3.63) is 18.4 Å². The van der Waals surface area contributed by atoms with Crippen LogP contribution in [0.5, 0.6) is 0 Å². The number of hydrogen-bond acceptors (Lipinski definition) is 1. The van der Waals surface area contributed by atoms with E-state index in [1.807, 2.05) is 0 Å². The van der Waals surface area contributed by atoms with Crippen LogP contribution in [0.4, 0.5) is 0 Å². The van der Waals surface area contributed by atoms with Crippen molar-refractivity contribution in [3.63, 3.8) is 0 Å². The monoisotopic (exact) mass is 143 g/mol. The van der Waals surface area contributed by atoms with Gasteiger partial charge in [-0.25, -0.2) is 0 Å². The minimum Gasteiger partial charge on any atom is -0.161 e. The van der Waals surface area contributed by atoms with E-state index >= 15 is 0 Å². The largest absolute Gasteiger partial charge is 0.161 e. The molecule has 0 bridgehead atoms. The Labute approximate surface area is 62.7 Å². The molecule has 0 saturated carbocycles. The molecule has 9 heavy (non-hydrogen) atoms. The van der Waals surface area contributed by atoms with Crippen LogP contribution in [0.15, 0.2) is 12.2 Å². The van der Waals surface area contributed by atoms with E-state index < -0.39 is 0 Å². The van der Waals surface area contributed by atoms with E-state index in [-0.39, 0.29) is 0 Å². The fraction of sp³-hybridized carbons (Fsp3) is 0.625. The lowest BCUT2D eigenvalue weighted by Gasteiger charge is -1.92. The maximum absolute atomic E-state index is 3.70. The molecular formula is C8H15S. The zero-order valence-electron chi connectivity index (χ0n) is 6.10. The Balaban J connectivity index is 2.75. The normalized spacial score (nSPS) is 10.9. The molecule has 0 heterocycles. The van der Waals surface area contributed by atoms with Crippen molar-refractivity contribution in [1.82, 2.24) is 0 Å². The van der Waals surface area contributed by atoms with E-state index in [1.54, 1.807) is 11.8 Å². The Kier molecular flexibility index (Phi) is 8.17. The summed E-state index contributed by atoms with van der Waals surface area (Å²) >= 11 is 1.69. The fourth-order valence-electron chi connectivity index (χ4n) is 0.633. The van der Waals surface area contributed by atoms with Gasteiger partial charge in [-0.3, -0.25) is 0 Å². The molecule has 0 unspecified atom stereocenters. The van der Waals surface area contributed by atoms with Gasteiger partial charge in [0, 0.05) is 6.26 Å². The van der Waals surface area contributed by atoms with Crippen LogP contribution in [-0.2, 0) is 0 Å². The van der Waals surface area contributed by atoms with Crippen molar-refractivity contribution < 1.29 is 0 Å². The minimum atomic E-state index is 1.21. The molecule has 0 amide bonds. The van der Waals surface area contributed by atoms with Crippen LogP contribution in [0.2, 0.25) is 0 Å². The van der Waals surface area contributed by atoms with Crippen LogP contribution in [0.25, 0.3) is 0 Å². The van der Waals surface area contributed by atoms with Crippen LogP contribution >= 0.6 is 11.8 Å². The summed E-state index contributed by atoms with van der Waals surface area (Å²) in [6, 6.07) is 0. The van der Waals surface area contributed by atoms with Crippen molar-refractivity contribution in [2.24, 2.45) is 0 Å². The third kappa shape index (κ3) is 8.09. The first-order chi connectivity index (χ1) is 4.41. The number of unbranched alkanes of at least 4 members (excludes halogenated alkanes) is 2. The second-order valence-electron chi connectivity index (χ2n) is 1.97. The van der Waals surface area contributed by atoms with Crippen molar-refractivity contribution >= 4 is 11.8 Å². The quantitative estimate of drug-likeness (QED) is 0.420. The SMILES string of the molecule is [CH2]SCCCC/C=C/C. The Bertz CT molecular complexity index is 67.0. The van der Waals surface area contributed by atoms with Gasteiger partial charge in [0.05, 0.1) is 0 Å². The van der Waals surface area contributed by atoms with E-state index in [1.165, 1.54) is 25.0 Å². The van der Waals surface area contributed by atoms with E-state index in [0.29, 0.717) is 0 Å². The summed E-state index contributed by atoms with van der Waals surface area (Å²) in [5.41, 5.74) is 0. The molecule has 1 heteroatoms. The highest BCUT2D eigenvalue weighted by Gasteiger charge is 1.82. The van der Waals surface area contributed by atoms with Crippen molar-refractivity contribution in [2.75, 3.05) is 5.75 Å². The van der Waals surface area contributed by atoms with Gasteiger partial charge in [-0.2, -0.15) is 11.8 Å². The highest BCUT2D eigenvalue weighted by atomic mass is 32.2. The molecule has 53 valence electrons. The lowest BCUT2D eigenvalue weighted by molar-refractivity contribution is 0.823. The number of thioether (sulfide) groups is 1. The first kappa shape index (κ1) is 9.09. The standard InChI is InChI=1S/C8H15S/c1-3-4-5-6-7-8-9-2/h3-4H,2,5-8H2,1H3/b4-3+. The predicted molar refractivity (Wildman–Crippen MR) is 46.5 cm³/mol. The van der Waals surface area contributed by atoms with Gasteiger partial charge in [-0.05, 0) is 31.9 Å². The number of allylic oxidation sites excluding steroid dienone is 2. The van der Waals surface area contributed by atoms with Gasteiger partial charge < -0.3 is 0 Å². The maximum Gasteiger partial charge on any atom is 0.00235 e. The van der Waals surface area contributed by atoms with Gasteiger partial charge in [0.15, 0.2) is 0 Å². The molecule has 0 aromatic rings. The molecule has 0 atom stereocenters. The Morgan fingerprint density at radius 2 is 2.22 bits per heavy atom. The Morgan fingerprint density at radius 1 is 1.44 bits per heavy atom. The molecule has 0 aromatic carbocycles. The average molecular weight is 143 g/mol. The average Bonchev–Trinajstić information content (AvgIpc) is 1.89. The first-order valence-corrected chi connectivity index (χ1v) is 4.55. The Morgan fingerprint density at radius 3 is 2.78 bits per heavy atom. The van der Waals surface area contributed by atoms with Crippen molar-refractivity contribution in [1.29, 1.82) is 0 Å². The van der Waals surface area contributed by atoms with Crippen LogP contribution < -0.4 is 0 Å². The predicted octanol–water partition coefficient (Wildman–Crippen LogP) is 3.26. The van der Waals surface area contributed by atoms with Gasteiger partial charge in [-0.15, -0.1) is 0 Å². The molecule has 0 aliphatic heterocycles. The number of rotatable bonds is 5. The molecule has 0 aliphatic rings. The van der Waals surface area contributed by atoms with Crippen LogP contribution in [0.1, 0.15) is 26.2 Å². The maximum atomic E-state index is 3.70. The highest BCUT2D eigenvalue weighted by Crippen LogP contribution is 2.03.